The molecule has 0 aliphatic rings. The van der Waals surface area contributed by atoms with E-state index < -0.39 is 18.5 Å². The van der Waals surface area contributed by atoms with Crippen molar-refractivity contribution in [3.63, 3.8) is 0 Å². The maximum atomic E-state index is 12.7. The Morgan fingerprint density at radius 2 is 1.86 bits per heavy atom. The number of aryl methyl sites for hydroxylation is 2. The van der Waals surface area contributed by atoms with Crippen LogP contribution in [0.25, 0.3) is 10.9 Å². The highest BCUT2D eigenvalue weighted by molar-refractivity contribution is 6.00. The van der Waals surface area contributed by atoms with Crippen molar-refractivity contribution in [2.45, 2.75) is 20.3 Å². The third-order valence-electron chi connectivity index (χ3n) is 4.40. The molecular weight excluding hydrogens is 354 g/mol. The Balaban J connectivity index is 1.73. The second kappa shape index (κ2) is 8.31. The summed E-state index contributed by atoms with van der Waals surface area (Å²) in [5.41, 5.74) is 3.70. The van der Waals surface area contributed by atoms with Gasteiger partial charge in [0, 0.05) is 11.1 Å². The zero-order valence-electron chi connectivity index (χ0n) is 15.7. The number of amides is 1. The van der Waals surface area contributed by atoms with E-state index in [1.54, 1.807) is 24.3 Å². The SMILES string of the molecule is CCc1nc2ccccc2c(C)c1C(=O)OCC(=O)Nc1ccc(C#N)cc1. The Kier molecular flexibility index (Phi) is 5.66. The minimum absolute atomic E-state index is 0.408. The molecule has 1 amide bonds. The van der Waals surface area contributed by atoms with Gasteiger partial charge in [-0.3, -0.25) is 9.78 Å². The number of carbonyl (C=O) groups excluding carboxylic acids is 2. The quantitative estimate of drug-likeness (QED) is 0.687. The fraction of sp³-hybridized carbons (Fsp3) is 0.182. The van der Waals surface area contributed by atoms with Crippen LogP contribution in [0.2, 0.25) is 0 Å². The summed E-state index contributed by atoms with van der Waals surface area (Å²) in [6.45, 7) is 3.37. The molecule has 0 aliphatic heterocycles. The molecule has 0 bridgehead atoms. The third-order valence-corrected chi connectivity index (χ3v) is 4.40. The molecule has 6 nitrogen and oxygen atoms in total. The van der Waals surface area contributed by atoms with Gasteiger partial charge in [0.15, 0.2) is 6.61 Å². The van der Waals surface area contributed by atoms with Crippen LogP contribution in [0.4, 0.5) is 5.69 Å². The zero-order chi connectivity index (χ0) is 20.1. The van der Waals surface area contributed by atoms with Gasteiger partial charge in [0.2, 0.25) is 0 Å². The topological polar surface area (TPSA) is 92.1 Å². The number of benzene rings is 2. The lowest BCUT2D eigenvalue weighted by atomic mass is 10.0. The van der Waals surface area contributed by atoms with Crippen molar-refractivity contribution >= 4 is 28.5 Å². The van der Waals surface area contributed by atoms with Crippen molar-refractivity contribution in [1.29, 1.82) is 5.26 Å². The lowest BCUT2D eigenvalue weighted by Crippen LogP contribution is -2.22. The van der Waals surface area contributed by atoms with E-state index in [1.807, 2.05) is 44.2 Å². The number of hydrogen-bond acceptors (Lipinski definition) is 5. The van der Waals surface area contributed by atoms with E-state index in [0.29, 0.717) is 28.9 Å². The van der Waals surface area contributed by atoms with Gasteiger partial charge in [-0.05, 0) is 49.2 Å². The van der Waals surface area contributed by atoms with Crippen LogP contribution >= 0.6 is 0 Å². The molecule has 0 saturated heterocycles. The number of anilines is 1. The van der Waals surface area contributed by atoms with Crippen LogP contribution in [0, 0.1) is 18.3 Å². The summed E-state index contributed by atoms with van der Waals surface area (Å²) < 4.78 is 5.24. The smallest absolute Gasteiger partial charge is 0.340 e. The van der Waals surface area contributed by atoms with Crippen LogP contribution in [0.15, 0.2) is 48.5 Å². The summed E-state index contributed by atoms with van der Waals surface area (Å²) in [6.07, 6.45) is 0.577. The number of nitriles is 1. The number of pyridine rings is 1. The Morgan fingerprint density at radius 3 is 2.54 bits per heavy atom. The summed E-state index contributed by atoms with van der Waals surface area (Å²) >= 11 is 0. The molecule has 2 aromatic carbocycles. The Hall–Kier alpha value is -3.72. The Morgan fingerprint density at radius 1 is 1.14 bits per heavy atom. The second-order valence-corrected chi connectivity index (χ2v) is 6.24. The molecule has 140 valence electrons. The molecule has 1 N–H and O–H groups in total. The van der Waals surface area contributed by atoms with Gasteiger partial charge in [0.1, 0.15) is 0 Å². The van der Waals surface area contributed by atoms with E-state index in [-0.39, 0.29) is 0 Å². The summed E-state index contributed by atoms with van der Waals surface area (Å²) in [6, 6.07) is 16.0. The lowest BCUT2D eigenvalue weighted by molar-refractivity contribution is -0.119. The van der Waals surface area contributed by atoms with Crippen molar-refractivity contribution in [2.75, 3.05) is 11.9 Å². The van der Waals surface area contributed by atoms with Gasteiger partial charge in [0.05, 0.1) is 28.4 Å². The molecule has 0 aliphatic carbocycles. The fourth-order valence-electron chi connectivity index (χ4n) is 3.00. The average molecular weight is 373 g/mol. The number of para-hydroxylation sites is 1. The highest BCUT2D eigenvalue weighted by Gasteiger charge is 2.20. The Bertz CT molecular complexity index is 1080. The summed E-state index contributed by atoms with van der Waals surface area (Å²) in [5.74, 6) is -1.02. The number of carbonyl (C=O) groups is 2. The van der Waals surface area contributed by atoms with Gasteiger partial charge < -0.3 is 10.1 Å². The molecule has 0 fully saturated rings. The maximum absolute atomic E-state index is 12.7. The standard InChI is InChI=1S/C22H19N3O3/c1-3-18-21(14(2)17-6-4-5-7-19(17)25-18)22(27)28-13-20(26)24-16-10-8-15(12-23)9-11-16/h4-11H,3,13H2,1-2H3,(H,24,26). The van der Waals surface area contributed by atoms with Gasteiger partial charge in [-0.25, -0.2) is 4.79 Å². The number of hydrogen-bond donors (Lipinski definition) is 1. The first-order chi connectivity index (χ1) is 13.5. The van der Waals surface area contributed by atoms with Crippen LogP contribution in [0.1, 0.15) is 34.1 Å². The van der Waals surface area contributed by atoms with Gasteiger partial charge in [-0.15, -0.1) is 0 Å². The number of fused-ring (bicyclic) bond motifs is 1. The molecule has 0 spiro atoms. The summed E-state index contributed by atoms with van der Waals surface area (Å²) in [4.78, 5) is 29.3. The van der Waals surface area contributed by atoms with Crippen molar-refractivity contribution in [3.05, 3.63) is 70.9 Å². The van der Waals surface area contributed by atoms with Crippen molar-refractivity contribution < 1.29 is 14.3 Å². The number of ether oxygens (including phenoxy) is 1. The zero-order valence-corrected chi connectivity index (χ0v) is 15.7. The first kappa shape index (κ1) is 19.1. The van der Waals surface area contributed by atoms with Crippen molar-refractivity contribution in [1.82, 2.24) is 4.98 Å². The molecule has 0 unspecified atom stereocenters. The largest absolute Gasteiger partial charge is 0.452 e. The monoisotopic (exact) mass is 373 g/mol. The molecule has 1 heterocycles. The van der Waals surface area contributed by atoms with Gasteiger partial charge >= 0.3 is 5.97 Å². The minimum atomic E-state index is -0.567. The molecular formula is C22H19N3O3. The van der Waals surface area contributed by atoms with Gasteiger partial charge in [-0.2, -0.15) is 5.26 Å². The molecule has 0 saturated carbocycles. The highest BCUT2D eigenvalue weighted by atomic mass is 16.5. The van der Waals surface area contributed by atoms with Crippen LogP contribution in [-0.4, -0.2) is 23.5 Å². The van der Waals surface area contributed by atoms with Gasteiger partial charge in [0.25, 0.3) is 5.91 Å². The van der Waals surface area contributed by atoms with E-state index in [9.17, 15) is 9.59 Å². The first-order valence-electron chi connectivity index (χ1n) is 8.88. The molecule has 6 heteroatoms. The maximum Gasteiger partial charge on any atom is 0.340 e. The number of rotatable bonds is 5. The molecule has 1 aromatic heterocycles. The average Bonchev–Trinajstić information content (AvgIpc) is 2.72. The summed E-state index contributed by atoms with van der Waals surface area (Å²) in [5, 5.41) is 12.3. The predicted molar refractivity (Wildman–Crippen MR) is 106 cm³/mol. The molecule has 3 rings (SSSR count). The third kappa shape index (κ3) is 3.99. The second-order valence-electron chi connectivity index (χ2n) is 6.24. The first-order valence-corrected chi connectivity index (χ1v) is 8.88. The van der Waals surface area contributed by atoms with Crippen LogP contribution in [0.3, 0.4) is 0 Å². The molecule has 3 aromatic rings. The normalized spacial score (nSPS) is 10.3. The van der Waals surface area contributed by atoms with E-state index in [0.717, 1.165) is 16.5 Å². The number of nitrogens with one attached hydrogen (secondary N) is 1. The van der Waals surface area contributed by atoms with E-state index >= 15 is 0 Å². The van der Waals surface area contributed by atoms with E-state index in [1.165, 1.54) is 0 Å². The van der Waals surface area contributed by atoms with Crippen LogP contribution in [0.5, 0.6) is 0 Å². The van der Waals surface area contributed by atoms with Crippen molar-refractivity contribution in [3.8, 4) is 6.07 Å². The van der Waals surface area contributed by atoms with E-state index in [2.05, 4.69) is 10.3 Å². The highest BCUT2D eigenvalue weighted by Crippen LogP contribution is 2.24. The molecule has 0 radical (unpaired) electrons. The van der Waals surface area contributed by atoms with Crippen LogP contribution < -0.4 is 5.32 Å². The number of aromatic nitrogens is 1. The minimum Gasteiger partial charge on any atom is -0.452 e. The molecule has 28 heavy (non-hydrogen) atoms. The predicted octanol–water partition coefficient (Wildman–Crippen LogP) is 3.77. The number of esters is 1. The number of nitrogens with zero attached hydrogens (tertiary/aromatic N) is 2. The molecule has 0 atom stereocenters. The lowest BCUT2D eigenvalue weighted by Gasteiger charge is -2.13. The van der Waals surface area contributed by atoms with Crippen molar-refractivity contribution in [2.24, 2.45) is 0 Å². The fourth-order valence-corrected chi connectivity index (χ4v) is 3.00. The summed E-state index contributed by atoms with van der Waals surface area (Å²) in [7, 11) is 0. The van der Waals surface area contributed by atoms with Gasteiger partial charge in [-0.1, -0.05) is 25.1 Å². The van der Waals surface area contributed by atoms with E-state index in [4.69, 9.17) is 10.00 Å². The Labute approximate surface area is 162 Å². The van der Waals surface area contributed by atoms with Crippen LogP contribution in [-0.2, 0) is 16.0 Å².